The normalized spacial score (nSPS) is 16.4. The highest BCUT2D eigenvalue weighted by molar-refractivity contribution is 6.30. The van der Waals surface area contributed by atoms with Crippen molar-refractivity contribution in [2.45, 2.75) is 44.8 Å². The summed E-state index contributed by atoms with van der Waals surface area (Å²) in [5.74, 6) is -0.978. The van der Waals surface area contributed by atoms with Crippen LogP contribution in [0.1, 0.15) is 35.6 Å². The van der Waals surface area contributed by atoms with Crippen LogP contribution in [-0.4, -0.2) is 34.0 Å². The van der Waals surface area contributed by atoms with Crippen molar-refractivity contribution in [2.75, 3.05) is 6.54 Å². The highest BCUT2D eigenvalue weighted by Gasteiger charge is 2.35. The monoisotopic (exact) mass is 495 g/mol. The third-order valence-corrected chi connectivity index (χ3v) is 6.36. The van der Waals surface area contributed by atoms with E-state index in [4.69, 9.17) is 16.3 Å². The fourth-order valence-corrected chi connectivity index (χ4v) is 4.65. The molecular weight excluding hydrogens is 469 g/mol. The number of rotatable bonds is 9. The zero-order valence-electron chi connectivity index (χ0n) is 19.5. The number of carboxylic acid groups (broad SMARTS) is 1. The van der Waals surface area contributed by atoms with Crippen molar-refractivity contribution >= 4 is 23.5 Å². The minimum atomic E-state index is -1.11. The van der Waals surface area contributed by atoms with Crippen LogP contribution in [-0.2, 0) is 35.4 Å². The Morgan fingerprint density at radius 3 is 2.51 bits per heavy atom. The molecule has 1 aliphatic rings. The lowest BCUT2D eigenvalue weighted by Gasteiger charge is -2.24. The van der Waals surface area contributed by atoms with Gasteiger partial charge in [-0.3, -0.25) is 9.59 Å². The molecule has 4 rings (SSSR count). The third-order valence-electron chi connectivity index (χ3n) is 6.11. The molecule has 3 aromatic rings. The van der Waals surface area contributed by atoms with Crippen LogP contribution in [0.4, 0.5) is 4.39 Å². The van der Waals surface area contributed by atoms with E-state index in [9.17, 15) is 19.1 Å². The van der Waals surface area contributed by atoms with Crippen LogP contribution in [0.3, 0.4) is 0 Å². The molecule has 0 radical (unpaired) electrons. The van der Waals surface area contributed by atoms with E-state index in [-0.39, 0.29) is 24.5 Å². The number of carboxylic acids is 1. The van der Waals surface area contributed by atoms with Gasteiger partial charge in [0, 0.05) is 30.8 Å². The Kier molecular flexibility index (Phi) is 7.41. The zero-order valence-corrected chi connectivity index (χ0v) is 20.2. The van der Waals surface area contributed by atoms with Crippen molar-refractivity contribution in [3.05, 3.63) is 99.8 Å². The number of carbonyl (C=O) groups excluding carboxylic acids is 1. The molecule has 1 N–H and O–H groups in total. The van der Waals surface area contributed by atoms with Crippen LogP contribution < -0.4 is 4.74 Å². The first kappa shape index (κ1) is 24.7. The number of aryl methyl sites for hydroxylation is 1. The van der Waals surface area contributed by atoms with E-state index in [2.05, 4.69) is 13.0 Å². The third kappa shape index (κ3) is 6.61. The van der Waals surface area contributed by atoms with Crippen LogP contribution in [0.5, 0.6) is 5.75 Å². The number of hydrogen-bond donors (Lipinski definition) is 1. The summed E-state index contributed by atoms with van der Waals surface area (Å²) in [5.41, 5.74) is 3.40. The van der Waals surface area contributed by atoms with Crippen molar-refractivity contribution in [1.29, 1.82) is 0 Å². The largest absolute Gasteiger partial charge is 0.487 e. The first-order chi connectivity index (χ1) is 16.7. The molecule has 0 saturated heterocycles. The van der Waals surface area contributed by atoms with Gasteiger partial charge < -0.3 is 14.7 Å². The maximum absolute atomic E-state index is 13.5. The molecule has 1 atom stereocenters. The van der Waals surface area contributed by atoms with Crippen LogP contribution in [0, 0.1) is 5.82 Å². The first-order valence-corrected chi connectivity index (χ1v) is 11.9. The van der Waals surface area contributed by atoms with Crippen LogP contribution in [0.15, 0.2) is 66.7 Å². The number of nitrogens with zero attached hydrogens (tertiary/aromatic N) is 1. The van der Waals surface area contributed by atoms with Gasteiger partial charge in [-0.1, -0.05) is 48.0 Å². The van der Waals surface area contributed by atoms with E-state index in [0.717, 1.165) is 35.3 Å². The second kappa shape index (κ2) is 10.5. The summed E-state index contributed by atoms with van der Waals surface area (Å²) < 4.78 is 19.8. The average Bonchev–Trinajstić information content (AvgIpc) is 3.13. The number of ether oxygens (including phenoxy) is 1. The number of aliphatic carboxylic acids is 1. The summed E-state index contributed by atoms with van der Waals surface area (Å²) in [6.07, 6.45) is 2.12. The fraction of sp³-hybridized carbons (Fsp3) is 0.286. The predicted molar refractivity (Wildman–Crippen MR) is 132 cm³/mol. The molecule has 1 amide bonds. The van der Waals surface area contributed by atoms with Gasteiger partial charge >= 0.3 is 5.97 Å². The molecule has 0 bridgehead atoms. The average molecular weight is 496 g/mol. The highest BCUT2D eigenvalue weighted by Crippen LogP contribution is 2.37. The Balaban J connectivity index is 1.38. The smallest absolute Gasteiger partial charge is 0.323 e. The van der Waals surface area contributed by atoms with Crippen molar-refractivity contribution in [3.63, 3.8) is 0 Å². The lowest BCUT2D eigenvalue weighted by atomic mass is 9.91. The molecule has 7 heteroatoms. The summed E-state index contributed by atoms with van der Waals surface area (Å²) in [7, 11) is 0. The summed E-state index contributed by atoms with van der Waals surface area (Å²) in [4.78, 5) is 25.4. The maximum atomic E-state index is 13.5. The molecule has 0 aliphatic carbocycles. The minimum absolute atomic E-state index is 0.0456. The topological polar surface area (TPSA) is 66.8 Å². The standard InChI is InChI=1S/C28H27ClFNO4/c1-28(15-20-5-9-23(29)10-6-20)16-22-13-19(7-11-25(22)35-28)8-12-26(32)31(18-27(33)34)17-21-3-2-4-24(30)14-21/h2-7,9-11,13-14H,8,12,15-18H2,1H3,(H,33,34)/t28-/m1/s1. The lowest BCUT2D eigenvalue weighted by molar-refractivity contribution is -0.144. The van der Waals surface area contributed by atoms with Crippen molar-refractivity contribution in [3.8, 4) is 5.75 Å². The summed E-state index contributed by atoms with van der Waals surface area (Å²) in [6, 6.07) is 19.5. The second-order valence-electron chi connectivity index (χ2n) is 9.25. The van der Waals surface area contributed by atoms with E-state index in [0.29, 0.717) is 17.0 Å². The molecule has 0 spiro atoms. The second-order valence-corrected chi connectivity index (χ2v) is 9.68. The van der Waals surface area contributed by atoms with E-state index in [1.807, 2.05) is 36.4 Å². The van der Waals surface area contributed by atoms with Gasteiger partial charge in [0.05, 0.1) is 0 Å². The van der Waals surface area contributed by atoms with Gasteiger partial charge in [-0.15, -0.1) is 0 Å². The van der Waals surface area contributed by atoms with Gasteiger partial charge in [-0.2, -0.15) is 0 Å². The molecular formula is C28H27ClFNO4. The summed E-state index contributed by atoms with van der Waals surface area (Å²) in [5, 5.41) is 9.94. The fourth-order valence-electron chi connectivity index (χ4n) is 4.52. The van der Waals surface area contributed by atoms with Gasteiger partial charge in [0.25, 0.3) is 0 Å². The van der Waals surface area contributed by atoms with E-state index in [1.54, 1.807) is 12.1 Å². The molecule has 182 valence electrons. The van der Waals surface area contributed by atoms with Crippen LogP contribution in [0.2, 0.25) is 5.02 Å². The quantitative estimate of drug-likeness (QED) is 0.428. The van der Waals surface area contributed by atoms with E-state index >= 15 is 0 Å². The SMILES string of the molecule is C[C@@]1(Cc2ccc(Cl)cc2)Cc2cc(CCC(=O)N(CC(=O)O)Cc3cccc(F)c3)ccc2O1. The minimum Gasteiger partial charge on any atom is -0.487 e. The first-order valence-electron chi connectivity index (χ1n) is 11.5. The molecule has 0 aromatic heterocycles. The number of benzene rings is 3. The molecule has 3 aromatic carbocycles. The molecule has 0 fully saturated rings. The Morgan fingerprint density at radius 2 is 1.80 bits per heavy atom. The Hall–Kier alpha value is -3.38. The van der Waals surface area contributed by atoms with Crippen molar-refractivity contribution in [2.24, 2.45) is 0 Å². The number of hydrogen-bond acceptors (Lipinski definition) is 3. The number of fused-ring (bicyclic) bond motifs is 1. The summed E-state index contributed by atoms with van der Waals surface area (Å²) in [6.45, 7) is 1.70. The molecule has 0 saturated carbocycles. The van der Waals surface area contributed by atoms with Crippen LogP contribution >= 0.6 is 11.6 Å². The highest BCUT2D eigenvalue weighted by atomic mass is 35.5. The van der Waals surface area contributed by atoms with Crippen LogP contribution in [0.25, 0.3) is 0 Å². The Morgan fingerprint density at radius 1 is 1.06 bits per heavy atom. The van der Waals surface area contributed by atoms with Gasteiger partial charge in [0.1, 0.15) is 23.7 Å². The van der Waals surface area contributed by atoms with Gasteiger partial charge in [-0.25, -0.2) is 4.39 Å². The summed E-state index contributed by atoms with van der Waals surface area (Å²) >= 11 is 5.99. The molecule has 5 nitrogen and oxygen atoms in total. The van der Waals surface area contributed by atoms with E-state index in [1.165, 1.54) is 17.0 Å². The number of carbonyl (C=O) groups is 2. The zero-order chi connectivity index (χ0) is 25.0. The molecule has 35 heavy (non-hydrogen) atoms. The number of halogens is 2. The van der Waals surface area contributed by atoms with Gasteiger partial charge in [-0.05, 0) is 65.9 Å². The Labute approximate surface area is 209 Å². The molecule has 1 heterocycles. The van der Waals surface area contributed by atoms with E-state index < -0.39 is 18.3 Å². The molecule has 0 unspecified atom stereocenters. The predicted octanol–water partition coefficient (Wildman–Crippen LogP) is 5.46. The van der Waals surface area contributed by atoms with Crippen molar-refractivity contribution in [1.82, 2.24) is 4.90 Å². The number of amides is 1. The lowest BCUT2D eigenvalue weighted by Crippen LogP contribution is -2.35. The van der Waals surface area contributed by atoms with Gasteiger partial charge in [0.15, 0.2) is 0 Å². The van der Waals surface area contributed by atoms with Gasteiger partial charge in [0.2, 0.25) is 5.91 Å². The molecule has 1 aliphatic heterocycles. The maximum Gasteiger partial charge on any atom is 0.323 e. The van der Waals surface area contributed by atoms with Crippen molar-refractivity contribution < 1.29 is 23.8 Å². The Bertz CT molecular complexity index is 1230.